The van der Waals surface area contributed by atoms with Gasteiger partial charge in [0.15, 0.2) is 0 Å². The highest BCUT2D eigenvalue weighted by atomic mass is 32.1. The van der Waals surface area contributed by atoms with Crippen molar-refractivity contribution in [2.75, 3.05) is 31.5 Å². The summed E-state index contributed by atoms with van der Waals surface area (Å²) < 4.78 is 0. The van der Waals surface area contributed by atoms with Gasteiger partial charge in [0.25, 0.3) is 5.91 Å². The lowest BCUT2D eigenvalue weighted by atomic mass is 9.99. The minimum Gasteiger partial charge on any atom is -0.369 e. The SMILES string of the molecule is CCC1CCCCN1C(=O)c1sc2ncnc(NCCCN3CCCC3=O)c2c1C. The average molecular weight is 430 g/mol. The summed E-state index contributed by atoms with van der Waals surface area (Å²) in [5.41, 5.74) is 0.971. The van der Waals surface area contributed by atoms with Gasteiger partial charge in [0.2, 0.25) is 5.91 Å². The molecule has 1 unspecified atom stereocenters. The van der Waals surface area contributed by atoms with Crippen molar-refractivity contribution in [1.82, 2.24) is 19.8 Å². The highest BCUT2D eigenvalue weighted by Gasteiger charge is 2.29. The maximum Gasteiger partial charge on any atom is 0.264 e. The van der Waals surface area contributed by atoms with E-state index in [1.807, 2.05) is 11.8 Å². The van der Waals surface area contributed by atoms with E-state index >= 15 is 0 Å². The van der Waals surface area contributed by atoms with Crippen molar-refractivity contribution < 1.29 is 9.59 Å². The Kier molecular flexibility index (Phi) is 6.51. The lowest BCUT2D eigenvalue weighted by Gasteiger charge is -2.35. The largest absolute Gasteiger partial charge is 0.369 e. The van der Waals surface area contributed by atoms with Crippen LogP contribution in [0.25, 0.3) is 10.2 Å². The maximum absolute atomic E-state index is 13.3. The monoisotopic (exact) mass is 429 g/mol. The fourth-order valence-corrected chi connectivity index (χ4v) is 5.75. The number of hydrogen-bond donors (Lipinski definition) is 1. The number of thiophene rings is 1. The molecule has 0 aliphatic carbocycles. The molecule has 0 bridgehead atoms. The molecule has 2 aromatic rings. The first-order valence-electron chi connectivity index (χ1n) is 11.2. The molecule has 8 heteroatoms. The zero-order valence-corrected chi connectivity index (χ0v) is 18.8. The van der Waals surface area contributed by atoms with Crippen LogP contribution in [0.5, 0.6) is 0 Å². The molecule has 4 rings (SSSR count). The van der Waals surface area contributed by atoms with Crippen LogP contribution in [0.2, 0.25) is 0 Å². The number of carbonyl (C=O) groups is 2. The van der Waals surface area contributed by atoms with Crippen LogP contribution < -0.4 is 5.32 Å². The molecule has 4 heterocycles. The van der Waals surface area contributed by atoms with Crippen LogP contribution in [0.1, 0.15) is 67.1 Å². The summed E-state index contributed by atoms with van der Waals surface area (Å²) in [6, 6.07) is 0.341. The fraction of sp³-hybridized carbons (Fsp3) is 0.636. The number of rotatable bonds is 7. The number of nitrogens with one attached hydrogen (secondary N) is 1. The number of nitrogens with zero attached hydrogens (tertiary/aromatic N) is 4. The quantitative estimate of drug-likeness (QED) is 0.677. The van der Waals surface area contributed by atoms with E-state index in [0.29, 0.717) is 12.5 Å². The van der Waals surface area contributed by atoms with Gasteiger partial charge in [-0.15, -0.1) is 11.3 Å². The van der Waals surface area contributed by atoms with Crippen LogP contribution in [0.3, 0.4) is 0 Å². The molecule has 7 nitrogen and oxygen atoms in total. The molecular formula is C22H31N5O2S. The van der Waals surface area contributed by atoms with Gasteiger partial charge in [0.1, 0.15) is 17.0 Å². The summed E-state index contributed by atoms with van der Waals surface area (Å²) in [5.74, 6) is 1.19. The highest BCUT2D eigenvalue weighted by molar-refractivity contribution is 7.20. The molecule has 2 aromatic heterocycles. The van der Waals surface area contributed by atoms with Gasteiger partial charge in [0, 0.05) is 38.6 Å². The van der Waals surface area contributed by atoms with E-state index in [1.54, 1.807) is 6.33 Å². The van der Waals surface area contributed by atoms with Gasteiger partial charge in [-0.1, -0.05) is 6.92 Å². The Balaban J connectivity index is 1.48. The van der Waals surface area contributed by atoms with E-state index in [0.717, 1.165) is 84.8 Å². The summed E-state index contributed by atoms with van der Waals surface area (Å²) in [5, 5.41) is 4.36. The highest BCUT2D eigenvalue weighted by Crippen LogP contribution is 2.35. The number of fused-ring (bicyclic) bond motifs is 1. The molecular weight excluding hydrogens is 398 g/mol. The summed E-state index contributed by atoms with van der Waals surface area (Å²) >= 11 is 1.48. The Morgan fingerprint density at radius 1 is 1.27 bits per heavy atom. The van der Waals surface area contributed by atoms with E-state index in [2.05, 4.69) is 27.1 Å². The molecule has 2 saturated heterocycles. The van der Waals surface area contributed by atoms with E-state index < -0.39 is 0 Å². The lowest BCUT2D eigenvalue weighted by molar-refractivity contribution is -0.127. The van der Waals surface area contributed by atoms with E-state index in [-0.39, 0.29) is 11.8 Å². The van der Waals surface area contributed by atoms with Crippen LogP contribution in [0.4, 0.5) is 5.82 Å². The Labute approximate surface area is 181 Å². The average Bonchev–Trinajstić information content (AvgIpc) is 3.33. The van der Waals surface area contributed by atoms with Crippen LogP contribution in [-0.4, -0.2) is 63.8 Å². The number of hydrogen-bond acceptors (Lipinski definition) is 6. The minimum atomic E-state index is 0.139. The van der Waals surface area contributed by atoms with Crippen molar-refractivity contribution in [2.24, 2.45) is 0 Å². The van der Waals surface area contributed by atoms with Crippen LogP contribution in [0.15, 0.2) is 6.33 Å². The normalized spacial score (nSPS) is 19.7. The Morgan fingerprint density at radius 3 is 2.90 bits per heavy atom. The third-order valence-electron chi connectivity index (χ3n) is 6.35. The van der Waals surface area contributed by atoms with Gasteiger partial charge >= 0.3 is 0 Å². The second-order valence-electron chi connectivity index (χ2n) is 8.28. The summed E-state index contributed by atoms with van der Waals surface area (Å²) in [6.07, 6.45) is 8.47. The van der Waals surface area contributed by atoms with Gasteiger partial charge in [-0.3, -0.25) is 9.59 Å². The predicted molar refractivity (Wildman–Crippen MR) is 120 cm³/mol. The molecule has 0 spiro atoms. The van der Waals surface area contributed by atoms with Crippen LogP contribution in [0, 0.1) is 6.92 Å². The van der Waals surface area contributed by atoms with Crippen molar-refractivity contribution >= 4 is 39.2 Å². The first-order chi connectivity index (χ1) is 14.6. The third-order valence-corrected chi connectivity index (χ3v) is 7.54. The van der Waals surface area contributed by atoms with Crippen LogP contribution in [-0.2, 0) is 4.79 Å². The number of aryl methyl sites for hydroxylation is 1. The third kappa shape index (κ3) is 4.15. The molecule has 0 saturated carbocycles. The summed E-state index contributed by atoms with van der Waals surface area (Å²) in [4.78, 5) is 39.6. The Morgan fingerprint density at radius 2 is 2.13 bits per heavy atom. The van der Waals surface area contributed by atoms with E-state index in [4.69, 9.17) is 0 Å². The topological polar surface area (TPSA) is 78.4 Å². The lowest BCUT2D eigenvalue weighted by Crippen LogP contribution is -2.43. The standard InChI is InChI=1S/C22H31N5O2S/c1-3-16-8-4-5-13-27(16)22(29)19-15(2)18-20(24-14-25-21(18)30-19)23-10-7-12-26-11-6-9-17(26)28/h14,16H,3-13H2,1-2H3,(H,23,24,25). The second kappa shape index (κ2) is 9.29. The molecule has 0 radical (unpaired) electrons. The van der Waals surface area contributed by atoms with Crippen molar-refractivity contribution in [1.29, 1.82) is 0 Å². The molecule has 0 aromatic carbocycles. The van der Waals surface area contributed by atoms with Crippen molar-refractivity contribution in [2.45, 2.75) is 64.8 Å². The first kappa shape index (κ1) is 21.0. The number of carbonyl (C=O) groups excluding carboxylic acids is 2. The van der Waals surface area contributed by atoms with E-state index in [1.165, 1.54) is 17.8 Å². The number of piperidine rings is 1. The van der Waals surface area contributed by atoms with Crippen molar-refractivity contribution in [3.8, 4) is 0 Å². The van der Waals surface area contributed by atoms with Gasteiger partial charge in [-0.25, -0.2) is 9.97 Å². The zero-order valence-electron chi connectivity index (χ0n) is 17.9. The predicted octanol–water partition coefficient (Wildman–Crippen LogP) is 3.83. The van der Waals surface area contributed by atoms with Gasteiger partial charge < -0.3 is 15.1 Å². The molecule has 2 amide bonds. The molecule has 2 fully saturated rings. The van der Waals surface area contributed by atoms with Gasteiger partial charge in [-0.05, 0) is 51.0 Å². The maximum atomic E-state index is 13.3. The number of anilines is 1. The summed E-state index contributed by atoms with van der Waals surface area (Å²) in [7, 11) is 0. The van der Waals surface area contributed by atoms with Crippen molar-refractivity contribution in [3.63, 3.8) is 0 Å². The smallest absolute Gasteiger partial charge is 0.264 e. The van der Waals surface area contributed by atoms with E-state index in [9.17, 15) is 9.59 Å². The first-order valence-corrected chi connectivity index (χ1v) is 12.0. The number of amides is 2. The molecule has 162 valence electrons. The number of aromatic nitrogens is 2. The van der Waals surface area contributed by atoms with Crippen LogP contribution >= 0.6 is 11.3 Å². The van der Waals surface area contributed by atoms with Crippen molar-refractivity contribution in [3.05, 3.63) is 16.8 Å². The Hall–Kier alpha value is -2.22. The van der Waals surface area contributed by atoms with Gasteiger partial charge in [-0.2, -0.15) is 0 Å². The minimum absolute atomic E-state index is 0.139. The number of likely N-dealkylation sites (tertiary alicyclic amines) is 2. The fourth-order valence-electron chi connectivity index (χ4n) is 4.65. The van der Waals surface area contributed by atoms with Gasteiger partial charge in [0.05, 0.1) is 10.3 Å². The molecule has 2 aliphatic heterocycles. The zero-order chi connectivity index (χ0) is 21.1. The molecule has 30 heavy (non-hydrogen) atoms. The second-order valence-corrected chi connectivity index (χ2v) is 9.28. The molecule has 1 N–H and O–H groups in total. The summed E-state index contributed by atoms with van der Waals surface area (Å²) in [6.45, 7) is 7.40. The Bertz CT molecular complexity index is 928. The molecule has 2 aliphatic rings. The molecule has 1 atom stereocenters.